The van der Waals surface area contributed by atoms with Crippen LogP contribution < -0.4 is 4.74 Å². The van der Waals surface area contributed by atoms with Gasteiger partial charge in [-0.2, -0.15) is 0 Å². The van der Waals surface area contributed by atoms with Crippen LogP contribution in [0.3, 0.4) is 0 Å². The van der Waals surface area contributed by atoms with Gasteiger partial charge in [-0.25, -0.2) is 4.98 Å². The molecule has 1 saturated heterocycles. The average molecular weight is 374 g/mol. The minimum atomic E-state index is 0.0371. The number of piperidine rings is 1. The van der Waals surface area contributed by atoms with Gasteiger partial charge in [-0.05, 0) is 42.2 Å². The summed E-state index contributed by atoms with van der Waals surface area (Å²) in [4.78, 5) is 26.9. The quantitative estimate of drug-likeness (QED) is 0.762. The number of fused-ring (bicyclic) bond motifs is 1. The van der Waals surface area contributed by atoms with E-state index in [0.717, 1.165) is 55.1 Å². The number of carbonyl (C=O) groups excluding carboxylic acids is 1. The van der Waals surface area contributed by atoms with E-state index >= 15 is 0 Å². The third-order valence-electron chi connectivity index (χ3n) is 5.62. The second kappa shape index (κ2) is 7.11. The van der Waals surface area contributed by atoms with Crippen molar-refractivity contribution in [3.63, 3.8) is 0 Å². The number of hydrogen-bond acceptors (Lipinski definition) is 4. The average Bonchev–Trinajstić information content (AvgIpc) is 3.45. The highest BCUT2D eigenvalue weighted by atomic mass is 16.5. The SMILES string of the molecule is O=C(c1cncc(-c2ccc3c(c2)CCO3)c1)N1CCCC(c2ncc[nH]2)C1. The Labute approximate surface area is 163 Å². The molecule has 0 aliphatic carbocycles. The number of likely N-dealkylation sites (tertiary alicyclic amines) is 1. The number of aromatic nitrogens is 3. The lowest BCUT2D eigenvalue weighted by Crippen LogP contribution is -2.39. The van der Waals surface area contributed by atoms with Gasteiger partial charge >= 0.3 is 0 Å². The van der Waals surface area contributed by atoms with Crippen molar-refractivity contribution in [1.29, 1.82) is 0 Å². The van der Waals surface area contributed by atoms with Crippen LogP contribution in [0.25, 0.3) is 11.1 Å². The molecule has 0 spiro atoms. The van der Waals surface area contributed by atoms with Crippen molar-refractivity contribution < 1.29 is 9.53 Å². The lowest BCUT2D eigenvalue weighted by atomic mass is 9.96. The van der Waals surface area contributed by atoms with Gasteiger partial charge in [0.15, 0.2) is 0 Å². The van der Waals surface area contributed by atoms with Gasteiger partial charge in [-0.3, -0.25) is 9.78 Å². The Hall–Kier alpha value is -3.15. The second-order valence-electron chi connectivity index (χ2n) is 7.45. The summed E-state index contributed by atoms with van der Waals surface area (Å²) in [5, 5.41) is 0. The van der Waals surface area contributed by atoms with Crippen LogP contribution in [0.1, 0.15) is 40.5 Å². The van der Waals surface area contributed by atoms with Crippen molar-refractivity contribution in [2.75, 3.05) is 19.7 Å². The first-order valence-electron chi connectivity index (χ1n) is 9.77. The Morgan fingerprint density at radius 1 is 1.21 bits per heavy atom. The molecule has 2 aliphatic heterocycles. The molecule has 1 unspecified atom stereocenters. The molecule has 3 aromatic rings. The molecular formula is C22H22N4O2. The molecule has 1 aromatic carbocycles. The van der Waals surface area contributed by atoms with Crippen LogP contribution in [0.4, 0.5) is 0 Å². The predicted molar refractivity (Wildman–Crippen MR) is 105 cm³/mol. The molecule has 142 valence electrons. The number of nitrogens with one attached hydrogen (secondary N) is 1. The topological polar surface area (TPSA) is 71.1 Å². The van der Waals surface area contributed by atoms with Crippen LogP contribution in [0.15, 0.2) is 49.1 Å². The number of hydrogen-bond donors (Lipinski definition) is 1. The van der Waals surface area contributed by atoms with Gasteiger partial charge in [0.25, 0.3) is 5.91 Å². The summed E-state index contributed by atoms with van der Waals surface area (Å²) in [5.74, 6) is 2.22. The molecule has 0 bridgehead atoms. The lowest BCUT2D eigenvalue weighted by molar-refractivity contribution is 0.0704. The maximum Gasteiger partial charge on any atom is 0.255 e. The summed E-state index contributed by atoms with van der Waals surface area (Å²) in [7, 11) is 0. The molecule has 1 amide bonds. The van der Waals surface area contributed by atoms with Crippen LogP contribution in [-0.4, -0.2) is 45.5 Å². The third kappa shape index (κ3) is 3.15. The van der Waals surface area contributed by atoms with E-state index in [1.165, 1.54) is 5.56 Å². The normalized spacial score (nSPS) is 18.6. The van der Waals surface area contributed by atoms with Crippen LogP contribution >= 0.6 is 0 Å². The number of aromatic amines is 1. The zero-order valence-corrected chi connectivity index (χ0v) is 15.6. The molecule has 2 aromatic heterocycles. The summed E-state index contributed by atoms with van der Waals surface area (Å²) in [5.41, 5.74) is 3.87. The number of H-pyrrole nitrogens is 1. The number of amides is 1. The van der Waals surface area contributed by atoms with Gasteiger partial charge in [0.05, 0.1) is 12.2 Å². The number of carbonyl (C=O) groups is 1. The van der Waals surface area contributed by atoms with E-state index in [-0.39, 0.29) is 11.8 Å². The van der Waals surface area contributed by atoms with E-state index in [0.29, 0.717) is 12.1 Å². The molecular weight excluding hydrogens is 352 g/mol. The predicted octanol–water partition coefficient (Wildman–Crippen LogP) is 3.43. The highest BCUT2D eigenvalue weighted by Gasteiger charge is 2.27. The second-order valence-corrected chi connectivity index (χ2v) is 7.45. The summed E-state index contributed by atoms with van der Waals surface area (Å²) in [6.07, 6.45) is 10.0. The molecule has 0 radical (unpaired) electrons. The Bertz CT molecular complexity index is 1000. The van der Waals surface area contributed by atoms with Crippen molar-refractivity contribution >= 4 is 5.91 Å². The monoisotopic (exact) mass is 374 g/mol. The summed E-state index contributed by atoms with van der Waals surface area (Å²) >= 11 is 0. The van der Waals surface area contributed by atoms with E-state index in [2.05, 4.69) is 21.0 Å². The minimum Gasteiger partial charge on any atom is -0.493 e. The zero-order valence-electron chi connectivity index (χ0n) is 15.6. The van der Waals surface area contributed by atoms with E-state index in [1.807, 2.05) is 35.5 Å². The fourth-order valence-electron chi connectivity index (χ4n) is 4.15. The van der Waals surface area contributed by atoms with Crippen molar-refractivity contribution in [2.45, 2.75) is 25.2 Å². The Morgan fingerprint density at radius 2 is 2.18 bits per heavy atom. The fraction of sp³-hybridized carbons (Fsp3) is 0.318. The Kier molecular flexibility index (Phi) is 4.31. The Morgan fingerprint density at radius 3 is 3.07 bits per heavy atom. The largest absolute Gasteiger partial charge is 0.493 e. The smallest absolute Gasteiger partial charge is 0.255 e. The van der Waals surface area contributed by atoms with Crippen molar-refractivity contribution in [2.24, 2.45) is 0 Å². The molecule has 5 rings (SSSR count). The highest BCUT2D eigenvalue weighted by molar-refractivity contribution is 5.95. The van der Waals surface area contributed by atoms with Crippen molar-refractivity contribution in [3.8, 4) is 16.9 Å². The third-order valence-corrected chi connectivity index (χ3v) is 5.62. The molecule has 0 saturated carbocycles. The van der Waals surface area contributed by atoms with Crippen molar-refractivity contribution in [3.05, 3.63) is 66.0 Å². The van der Waals surface area contributed by atoms with E-state index in [4.69, 9.17) is 4.74 Å². The van der Waals surface area contributed by atoms with Crippen LogP contribution in [0, 0.1) is 0 Å². The molecule has 6 nitrogen and oxygen atoms in total. The first kappa shape index (κ1) is 17.0. The fourth-order valence-corrected chi connectivity index (χ4v) is 4.15. The molecule has 1 fully saturated rings. The van der Waals surface area contributed by atoms with Crippen LogP contribution in [-0.2, 0) is 6.42 Å². The van der Waals surface area contributed by atoms with Gasteiger partial charge < -0.3 is 14.6 Å². The highest BCUT2D eigenvalue weighted by Crippen LogP contribution is 2.31. The molecule has 1 N–H and O–H groups in total. The zero-order chi connectivity index (χ0) is 18.9. The molecule has 28 heavy (non-hydrogen) atoms. The summed E-state index contributed by atoms with van der Waals surface area (Å²) in [6.45, 7) is 2.20. The van der Waals surface area contributed by atoms with Gasteiger partial charge in [0.2, 0.25) is 0 Å². The number of rotatable bonds is 3. The summed E-state index contributed by atoms with van der Waals surface area (Å²) < 4.78 is 5.59. The number of benzene rings is 1. The Balaban J connectivity index is 1.37. The minimum absolute atomic E-state index is 0.0371. The molecule has 1 atom stereocenters. The number of pyridine rings is 1. The number of nitrogens with zero attached hydrogens (tertiary/aromatic N) is 3. The molecule has 2 aliphatic rings. The lowest BCUT2D eigenvalue weighted by Gasteiger charge is -2.32. The first-order chi connectivity index (χ1) is 13.8. The van der Waals surface area contributed by atoms with Gasteiger partial charge in [-0.1, -0.05) is 6.07 Å². The summed E-state index contributed by atoms with van der Waals surface area (Å²) in [6, 6.07) is 8.12. The maximum atomic E-state index is 13.1. The van der Waals surface area contributed by atoms with Gasteiger partial charge in [0.1, 0.15) is 11.6 Å². The maximum absolute atomic E-state index is 13.1. The van der Waals surface area contributed by atoms with Crippen LogP contribution in [0.2, 0.25) is 0 Å². The van der Waals surface area contributed by atoms with E-state index in [9.17, 15) is 4.79 Å². The van der Waals surface area contributed by atoms with Gasteiger partial charge in [-0.15, -0.1) is 0 Å². The van der Waals surface area contributed by atoms with E-state index < -0.39 is 0 Å². The first-order valence-corrected chi connectivity index (χ1v) is 9.77. The van der Waals surface area contributed by atoms with Crippen LogP contribution in [0.5, 0.6) is 5.75 Å². The standard InChI is InChI=1S/C22H22N4O2/c27-22(26-8-1-2-17(14-26)21-24-6-7-25-21)19-11-18(12-23-13-19)15-3-4-20-16(10-15)5-9-28-20/h3-4,6-7,10-13,17H,1-2,5,8-9,14H2,(H,24,25). The number of imidazole rings is 1. The molecule has 6 heteroatoms. The number of ether oxygens (including phenoxy) is 1. The van der Waals surface area contributed by atoms with E-state index in [1.54, 1.807) is 12.4 Å². The van der Waals surface area contributed by atoms with Crippen molar-refractivity contribution in [1.82, 2.24) is 19.9 Å². The molecule has 4 heterocycles. The van der Waals surface area contributed by atoms with Gasteiger partial charge in [0, 0.05) is 55.8 Å².